The molecule has 2 bridgehead atoms. The molecular formula is C45H44FN7O5. The molecule has 4 amide bonds. The van der Waals surface area contributed by atoms with Crippen molar-refractivity contribution in [1.82, 2.24) is 20.1 Å². The molecule has 3 atom stereocenters. The third-order valence-electron chi connectivity index (χ3n) is 13.9. The second-order valence-corrected chi connectivity index (χ2v) is 17.5. The van der Waals surface area contributed by atoms with Crippen LogP contribution < -0.4 is 15.1 Å². The number of amides is 4. The fourth-order valence-electron chi connectivity index (χ4n) is 10.8. The van der Waals surface area contributed by atoms with Gasteiger partial charge in [-0.05, 0) is 85.5 Å². The highest BCUT2D eigenvalue weighted by Gasteiger charge is 2.48. The lowest BCUT2D eigenvalue weighted by Gasteiger charge is -2.41. The van der Waals surface area contributed by atoms with E-state index in [0.29, 0.717) is 29.3 Å². The van der Waals surface area contributed by atoms with Crippen molar-refractivity contribution in [2.24, 2.45) is 5.92 Å². The molecule has 10 rings (SSSR count). The highest BCUT2D eigenvalue weighted by Crippen LogP contribution is 2.46. The number of imide groups is 2. The van der Waals surface area contributed by atoms with E-state index in [2.05, 4.69) is 59.1 Å². The highest BCUT2D eigenvalue weighted by molar-refractivity contribution is 6.24. The lowest BCUT2D eigenvalue weighted by atomic mass is 9.70. The van der Waals surface area contributed by atoms with Crippen LogP contribution in [0.25, 0.3) is 10.9 Å². The molecule has 12 nitrogen and oxygen atoms in total. The number of carbonyl (C=O) groups is 5. The first kappa shape index (κ1) is 36.5. The zero-order valence-electron chi connectivity index (χ0n) is 32.8. The number of halogens is 1. The Kier molecular flexibility index (Phi) is 8.22. The quantitative estimate of drug-likeness (QED) is 0.252. The van der Waals surface area contributed by atoms with E-state index in [-0.39, 0.29) is 41.8 Å². The standard InChI is InChI=1S/C45H44FN7O5/c1-4-25-14-31-32(45(2,3)41-39(40(31)55)28-6-5-24(19-47)13-34(28)48-41)18-36(25)50-11-9-23(10-12-50)20-51-21-27-15-26(51)22-52(27)37-17-30-29(16-33(37)46)43(57)53(44(30)58)35-7-8-38(54)49-42(35)56/h5-6,13-14,16-18,23,26-27,35,48H,4,7-12,15,20-22H2,1-3H3,(H,49,54,56). The molecule has 0 saturated carbocycles. The minimum atomic E-state index is -1.10. The smallest absolute Gasteiger partial charge is 0.262 e. The van der Waals surface area contributed by atoms with Crippen LogP contribution in [0.2, 0.25) is 0 Å². The maximum atomic E-state index is 15.7. The van der Waals surface area contributed by atoms with E-state index in [9.17, 15) is 29.2 Å². The molecule has 5 aliphatic heterocycles. The zero-order chi connectivity index (χ0) is 40.4. The van der Waals surface area contributed by atoms with Crippen molar-refractivity contribution in [3.05, 3.63) is 92.9 Å². The van der Waals surface area contributed by atoms with Gasteiger partial charge in [-0.15, -0.1) is 0 Å². The molecule has 0 radical (unpaired) electrons. The number of hydrogen-bond acceptors (Lipinski definition) is 9. The molecule has 13 heteroatoms. The normalized spacial score (nSPS) is 24.1. The Morgan fingerprint density at radius 2 is 1.66 bits per heavy atom. The Balaban J connectivity index is 0.808. The average Bonchev–Trinajstić information content (AvgIpc) is 3.98. The zero-order valence-corrected chi connectivity index (χ0v) is 32.8. The number of likely N-dealkylation sites (tertiary alicyclic amines) is 1. The van der Waals surface area contributed by atoms with Crippen LogP contribution in [0.1, 0.15) is 112 Å². The van der Waals surface area contributed by atoms with E-state index in [1.165, 1.54) is 17.3 Å². The van der Waals surface area contributed by atoms with Gasteiger partial charge in [-0.1, -0.05) is 26.8 Å². The highest BCUT2D eigenvalue weighted by atomic mass is 19.1. The van der Waals surface area contributed by atoms with E-state index < -0.39 is 40.9 Å². The first-order valence-electron chi connectivity index (χ1n) is 20.4. The maximum absolute atomic E-state index is 15.7. The lowest BCUT2D eigenvalue weighted by Crippen LogP contribution is -2.54. The van der Waals surface area contributed by atoms with Crippen LogP contribution in [0.3, 0.4) is 0 Å². The van der Waals surface area contributed by atoms with E-state index in [1.54, 1.807) is 6.07 Å². The largest absolute Gasteiger partial charge is 0.371 e. The number of benzene rings is 3. The third kappa shape index (κ3) is 5.37. The molecule has 3 aromatic carbocycles. The van der Waals surface area contributed by atoms with E-state index in [0.717, 1.165) is 90.6 Å². The van der Waals surface area contributed by atoms with Gasteiger partial charge in [0, 0.05) is 84.5 Å². The Morgan fingerprint density at radius 3 is 2.34 bits per heavy atom. The number of hydrogen-bond donors (Lipinski definition) is 2. The molecule has 6 aliphatic rings. The Morgan fingerprint density at radius 1 is 0.897 bits per heavy atom. The average molecular weight is 782 g/mol. The van der Waals surface area contributed by atoms with Gasteiger partial charge in [-0.25, -0.2) is 4.39 Å². The summed E-state index contributed by atoms with van der Waals surface area (Å²) in [5.74, 6) is -2.51. The molecule has 1 aromatic heterocycles. The van der Waals surface area contributed by atoms with Crippen LogP contribution >= 0.6 is 0 Å². The fourth-order valence-corrected chi connectivity index (χ4v) is 10.8. The number of anilines is 2. The van der Waals surface area contributed by atoms with Crippen molar-refractivity contribution in [2.45, 2.75) is 82.8 Å². The topological polar surface area (TPSA) is 150 Å². The van der Waals surface area contributed by atoms with E-state index >= 15 is 4.39 Å². The number of rotatable bonds is 6. The number of piperidine rings is 2. The number of fused-ring (bicyclic) bond motifs is 7. The van der Waals surface area contributed by atoms with Gasteiger partial charge in [-0.2, -0.15) is 5.26 Å². The summed E-state index contributed by atoms with van der Waals surface area (Å²) in [5, 5.41) is 12.5. The minimum Gasteiger partial charge on any atom is -0.371 e. The minimum absolute atomic E-state index is 0.0209. The summed E-state index contributed by atoms with van der Waals surface area (Å²) in [6.07, 6.45) is 3.84. The molecule has 3 unspecified atom stereocenters. The Hall–Kier alpha value is -5.87. The lowest BCUT2D eigenvalue weighted by molar-refractivity contribution is -0.136. The van der Waals surface area contributed by atoms with E-state index in [4.69, 9.17) is 0 Å². The van der Waals surface area contributed by atoms with Gasteiger partial charge < -0.3 is 14.8 Å². The number of nitriles is 1. The van der Waals surface area contributed by atoms with Crippen molar-refractivity contribution in [3.63, 3.8) is 0 Å². The number of H-pyrrole nitrogens is 1. The first-order chi connectivity index (χ1) is 27.9. The number of piperazine rings is 1. The van der Waals surface area contributed by atoms with Gasteiger partial charge in [0.2, 0.25) is 11.8 Å². The molecule has 4 fully saturated rings. The second-order valence-electron chi connectivity index (χ2n) is 17.5. The summed E-state index contributed by atoms with van der Waals surface area (Å²) in [4.78, 5) is 76.4. The van der Waals surface area contributed by atoms with Crippen LogP contribution in [0, 0.1) is 23.1 Å². The number of ketones is 1. The number of aromatic nitrogens is 1. The Labute approximate surface area is 334 Å². The van der Waals surface area contributed by atoms with Gasteiger partial charge in [0.1, 0.15) is 11.9 Å². The summed E-state index contributed by atoms with van der Waals surface area (Å²) in [6, 6.07) is 13.9. The predicted molar refractivity (Wildman–Crippen MR) is 214 cm³/mol. The second kappa shape index (κ2) is 13.1. The molecule has 4 aromatic rings. The summed E-state index contributed by atoms with van der Waals surface area (Å²) in [5.41, 5.74) is 6.99. The van der Waals surface area contributed by atoms with Gasteiger partial charge in [-0.3, -0.25) is 39.1 Å². The molecule has 6 heterocycles. The van der Waals surface area contributed by atoms with E-state index in [1.807, 2.05) is 17.0 Å². The van der Waals surface area contributed by atoms with Crippen LogP contribution in [0.5, 0.6) is 0 Å². The third-order valence-corrected chi connectivity index (χ3v) is 13.9. The van der Waals surface area contributed by atoms with Crippen LogP contribution in [-0.2, 0) is 21.4 Å². The molecule has 1 aliphatic carbocycles. The number of carbonyl (C=O) groups excluding carboxylic acids is 5. The Bertz CT molecular complexity index is 2560. The monoisotopic (exact) mass is 781 g/mol. The summed E-state index contributed by atoms with van der Waals surface area (Å²) < 4.78 is 15.7. The van der Waals surface area contributed by atoms with Crippen LogP contribution in [0.15, 0.2) is 42.5 Å². The maximum Gasteiger partial charge on any atom is 0.262 e. The number of aryl methyl sites for hydroxylation is 1. The number of nitrogens with zero attached hydrogens (tertiary/aromatic N) is 5. The SMILES string of the molecule is CCc1cc2c(cc1N1CCC(CN3CC4CC3CN4c3cc4c(cc3F)C(=O)N(C3CCC(=O)NC3=O)C4=O)CC1)C(C)(C)c1[nH]c3cc(C#N)ccc3c1C2=O. The van der Waals surface area contributed by atoms with Crippen LogP contribution in [0.4, 0.5) is 15.8 Å². The van der Waals surface area contributed by atoms with Crippen LogP contribution in [-0.4, -0.2) is 95.0 Å². The van der Waals surface area contributed by atoms with Gasteiger partial charge in [0.15, 0.2) is 5.78 Å². The molecule has 2 N–H and O–H groups in total. The van der Waals surface area contributed by atoms with Crippen molar-refractivity contribution in [3.8, 4) is 6.07 Å². The summed E-state index contributed by atoms with van der Waals surface area (Å²) in [7, 11) is 0. The van der Waals surface area contributed by atoms with Gasteiger partial charge in [0.05, 0.1) is 34.0 Å². The summed E-state index contributed by atoms with van der Waals surface area (Å²) >= 11 is 0. The molecule has 58 heavy (non-hydrogen) atoms. The first-order valence-corrected chi connectivity index (χ1v) is 20.4. The molecule has 296 valence electrons. The van der Waals surface area contributed by atoms with Gasteiger partial charge >= 0.3 is 0 Å². The van der Waals surface area contributed by atoms with Crippen molar-refractivity contribution in [2.75, 3.05) is 42.5 Å². The summed E-state index contributed by atoms with van der Waals surface area (Å²) in [6.45, 7) is 10.7. The van der Waals surface area contributed by atoms with Crippen molar-refractivity contribution < 1.29 is 28.4 Å². The number of aromatic amines is 1. The van der Waals surface area contributed by atoms with Crippen molar-refractivity contribution in [1.29, 1.82) is 5.26 Å². The molecular weight excluding hydrogens is 738 g/mol. The molecule has 0 spiro atoms. The van der Waals surface area contributed by atoms with Crippen molar-refractivity contribution >= 4 is 51.7 Å². The fraction of sp³-hybridized carbons (Fsp3) is 0.422. The predicted octanol–water partition coefficient (Wildman–Crippen LogP) is 5.19. The van der Waals surface area contributed by atoms with Gasteiger partial charge in [0.25, 0.3) is 11.8 Å². The molecule has 4 saturated heterocycles. The number of nitrogens with one attached hydrogen (secondary N) is 2.